The average Bonchev–Trinajstić information content (AvgIpc) is 3.03. The summed E-state index contributed by atoms with van der Waals surface area (Å²) in [6.07, 6.45) is 0. The summed E-state index contributed by atoms with van der Waals surface area (Å²) >= 11 is 0.631. The molecule has 5 rings (SSSR count). The second-order valence-electron chi connectivity index (χ2n) is 10.1. The van der Waals surface area contributed by atoms with Gasteiger partial charge in [0, 0.05) is 32.8 Å². The van der Waals surface area contributed by atoms with E-state index < -0.39 is 57.3 Å². The highest BCUT2D eigenvalue weighted by Crippen LogP contribution is 2.45. The van der Waals surface area contributed by atoms with E-state index in [9.17, 15) is 39.5 Å². The van der Waals surface area contributed by atoms with Crippen LogP contribution in [0.1, 0.15) is 5.56 Å². The van der Waals surface area contributed by atoms with Crippen LogP contribution in [0.2, 0.25) is 0 Å². The molecular formula is C27H21N3O16S5. The molecule has 19 nitrogen and oxygen atoms in total. The molecule has 0 saturated carbocycles. The number of aryl methyl sites for hydroxylation is 1. The lowest BCUT2D eigenvalue weighted by Crippen LogP contribution is -2.11. The number of nitrogens with two attached hydrogens (primary N) is 1. The third-order valence-corrected chi connectivity index (χ3v) is 11.0. The Morgan fingerprint density at radius 2 is 1.37 bits per heavy atom. The van der Waals surface area contributed by atoms with Gasteiger partial charge in [0.1, 0.15) is 26.9 Å². The normalized spacial score (nSPS) is 12.6. The monoisotopic (exact) mass is 803 g/mol. The van der Waals surface area contributed by atoms with Crippen molar-refractivity contribution in [2.45, 2.75) is 31.4 Å². The maximum absolute atomic E-state index is 13.2. The Balaban J connectivity index is 1.75. The second kappa shape index (κ2) is 14.8. The Kier molecular flexibility index (Phi) is 11.1. The summed E-state index contributed by atoms with van der Waals surface area (Å²) in [5.41, 5.74) is 5.72. The number of azo groups is 1. The Bertz CT molecular complexity index is 2530. The van der Waals surface area contributed by atoms with Gasteiger partial charge in [-0.15, -0.1) is 18.9 Å². The van der Waals surface area contributed by atoms with Crippen molar-refractivity contribution < 1.29 is 72.9 Å². The summed E-state index contributed by atoms with van der Waals surface area (Å²) in [4.78, 5) is -2.11. The summed E-state index contributed by atoms with van der Waals surface area (Å²) < 4.78 is 110. The number of hydrogen-bond acceptors (Lipinski definition) is 19. The molecule has 0 aliphatic carbocycles. The first-order valence-corrected chi connectivity index (χ1v) is 19.1. The molecule has 0 saturated heterocycles. The average molecular weight is 804 g/mol. The van der Waals surface area contributed by atoms with Crippen molar-refractivity contribution in [2.24, 2.45) is 10.2 Å². The molecule has 0 spiro atoms. The van der Waals surface area contributed by atoms with E-state index in [1.54, 1.807) is 6.92 Å². The fourth-order valence-electron chi connectivity index (χ4n) is 4.67. The van der Waals surface area contributed by atoms with Crippen LogP contribution in [-0.2, 0) is 49.1 Å². The first kappa shape index (κ1) is 38.1. The van der Waals surface area contributed by atoms with Gasteiger partial charge in [-0.05, 0) is 60.8 Å². The highest BCUT2D eigenvalue weighted by molar-refractivity contribution is 7.95. The Morgan fingerprint density at radius 3 is 2.00 bits per heavy atom. The number of rotatable bonds is 13. The standard InChI is InChI=1S/C27H21N3O16S5/c1-13-2-4-16(5-3-13)51(40,41)42-24-10-17(49(34,35)36)6-14-7-25(48-46-44-33)21(11-18(14)24)29-30-22-12-20(28)26-19(27(22)50(37,38)39)8-15(9-23(26)31)47-45-43-32/h2-12,31-33H,28H2,1H3,(H,34,35,36)(H,37,38,39). The number of anilines is 1. The number of nitrogens with zero attached hydrogens (tertiary/aromatic N) is 2. The van der Waals surface area contributed by atoms with Gasteiger partial charge in [0.2, 0.25) is 0 Å². The molecule has 0 bridgehead atoms. The molecule has 0 aliphatic heterocycles. The van der Waals surface area contributed by atoms with Crippen LogP contribution in [0.5, 0.6) is 11.5 Å². The topological polar surface area (TPSA) is 300 Å². The summed E-state index contributed by atoms with van der Waals surface area (Å²) in [6.45, 7) is 1.71. The molecule has 0 unspecified atom stereocenters. The fourth-order valence-corrected chi connectivity index (χ4v) is 7.84. The van der Waals surface area contributed by atoms with Gasteiger partial charge in [-0.1, -0.05) is 27.8 Å². The van der Waals surface area contributed by atoms with Crippen molar-refractivity contribution in [1.29, 1.82) is 0 Å². The van der Waals surface area contributed by atoms with Gasteiger partial charge in [0.05, 0.1) is 33.9 Å². The summed E-state index contributed by atoms with van der Waals surface area (Å²) in [5.74, 6) is -1.16. The molecule has 0 atom stereocenters. The van der Waals surface area contributed by atoms with E-state index in [4.69, 9.17) is 20.4 Å². The van der Waals surface area contributed by atoms with Crippen molar-refractivity contribution in [3.8, 4) is 11.5 Å². The van der Waals surface area contributed by atoms with Gasteiger partial charge in [0.25, 0.3) is 20.2 Å². The van der Waals surface area contributed by atoms with Crippen molar-refractivity contribution in [3.05, 3.63) is 72.3 Å². The largest absolute Gasteiger partial charge is 0.507 e. The Morgan fingerprint density at radius 1 is 0.725 bits per heavy atom. The van der Waals surface area contributed by atoms with Gasteiger partial charge in [-0.2, -0.15) is 25.3 Å². The minimum absolute atomic E-state index is 0.0285. The zero-order valence-electron chi connectivity index (χ0n) is 25.1. The Labute approximate surface area is 295 Å². The van der Waals surface area contributed by atoms with Crippen LogP contribution in [0, 0.1) is 6.92 Å². The van der Waals surface area contributed by atoms with Crippen molar-refractivity contribution in [3.63, 3.8) is 0 Å². The van der Waals surface area contributed by atoms with Crippen molar-refractivity contribution in [1.82, 2.24) is 0 Å². The zero-order valence-corrected chi connectivity index (χ0v) is 29.2. The van der Waals surface area contributed by atoms with Crippen LogP contribution in [0.15, 0.2) is 101 Å². The van der Waals surface area contributed by atoms with Crippen molar-refractivity contribution >= 4 is 93.0 Å². The lowest BCUT2D eigenvalue weighted by atomic mass is 10.1. The van der Waals surface area contributed by atoms with E-state index in [0.29, 0.717) is 12.0 Å². The van der Waals surface area contributed by atoms with Crippen LogP contribution in [0.4, 0.5) is 17.1 Å². The molecule has 270 valence electrons. The number of phenols is 1. The smallest absolute Gasteiger partial charge is 0.339 e. The van der Waals surface area contributed by atoms with Crippen LogP contribution >= 0.6 is 24.1 Å². The van der Waals surface area contributed by atoms with E-state index >= 15 is 0 Å². The summed E-state index contributed by atoms with van der Waals surface area (Å²) in [6, 6.07) is 12.6. The van der Waals surface area contributed by atoms with E-state index in [1.807, 2.05) is 0 Å². The number of hydrogen-bond donors (Lipinski definition) is 6. The molecule has 0 amide bonds. The molecule has 24 heteroatoms. The second-order valence-corrected chi connectivity index (χ2v) is 15.9. The SMILES string of the molecule is Cc1ccc(S(=O)(=O)Oc2cc(S(=O)(=O)O)cc3cc(SOOO)c(N=Nc4cc(N)c5c(O)cc(SOOO)cc5c4S(=O)(=O)O)cc23)cc1. The summed E-state index contributed by atoms with van der Waals surface area (Å²) in [7, 11) is -14.7. The number of fused-ring (bicyclic) bond motifs is 2. The number of benzene rings is 5. The van der Waals surface area contributed by atoms with Crippen LogP contribution in [-0.4, -0.2) is 50.0 Å². The third-order valence-electron chi connectivity index (χ3n) is 6.76. The predicted molar refractivity (Wildman–Crippen MR) is 178 cm³/mol. The van der Waals surface area contributed by atoms with Gasteiger partial charge < -0.3 is 15.0 Å². The lowest BCUT2D eigenvalue weighted by molar-refractivity contribution is -0.432. The fraction of sp³-hybridized carbons (Fsp3) is 0.0370. The molecule has 51 heavy (non-hydrogen) atoms. The molecule has 5 aromatic carbocycles. The van der Waals surface area contributed by atoms with Gasteiger partial charge in [-0.3, -0.25) is 9.11 Å². The zero-order chi connectivity index (χ0) is 37.3. The molecule has 0 aromatic heterocycles. The lowest BCUT2D eigenvalue weighted by Gasteiger charge is -2.14. The number of nitrogen functional groups attached to an aromatic ring is 1. The summed E-state index contributed by atoms with van der Waals surface area (Å²) in [5, 5.41) is 42.1. The third kappa shape index (κ3) is 8.50. The molecule has 0 aliphatic rings. The first-order valence-electron chi connectivity index (χ1n) is 13.3. The van der Waals surface area contributed by atoms with Gasteiger partial charge >= 0.3 is 10.1 Å². The predicted octanol–water partition coefficient (Wildman–Crippen LogP) is 6.12. The maximum atomic E-state index is 13.2. The van der Waals surface area contributed by atoms with E-state index in [0.717, 1.165) is 48.0 Å². The minimum Gasteiger partial charge on any atom is -0.507 e. The van der Waals surface area contributed by atoms with E-state index in [2.05, 4.69) is 29.0 Å². The Hall–Kier alpha value is -4.15. The minimum atomic E-state index is -5.17. The number of aromatic hydroxyl groups is 1. The van der Waals surface area contributed by atoms with E-state index in [-0.39, 0.29) is 59.6 Å². The van der Waals surface area contributed by atoms with Gasteiger partial charge in [-0.25, -0.2) is 10.5 Å². The van der Waals surface area contributed by atoms with Crippen LogP contribution in [0.3, 0.4) is 0 Å². The van der Waals surface area contributed by atoms with Crippen molar-refractivity contribution in [2.75, 3.05) is 5.73 Å². The van der Waals surface area contributed by atoms with Crippen LogP contribution < -0.4 is 9.92 Å². The number of phenolic OH excluding ortho intramolecular Hbond substituents is 1. The molecular weight excluding hydrogens is 783 g/mol. The highest BCUT2D eigenvalue weighted by atomic mass is 32.2. The van der Waals surface area contributed by atoms with Crippen LogP contribution in [0.25, 0.3) is 21.5 Å². The molecule has 7 N–H and O–H groups in total. The molecule has 5 aromatic rings. The molecule has 0 fully saturated rings. The quantitative estimate of drug-likeness (QED) is 0.0148. The van der Waals surface area contributed by atoms with Gasteiger partial charge in [0.15, 0.2) is 5.75 Å². The molecule has 0 heterocycles. The first-order chi connectivity index (χ1) is 23.9. The molecule has 0 radical (unpaired) electrons. The highest BCUT2D eigenvalue weighted by Gasteiger charge is 2.26. The maximum Gasteiger partial charge on any atom is 0.339 e. The van der Waals surface area contributed by atoms with E-state index in [1.165, 1.54) is 24.3 Å².